The quantitative estimate of drug-likeness (QED) is 0.408. The van der Waals surface area contributed by atoms with Gasteiger partial charge >= 0.3 is 0 Å². The van der Waals surface area contributed by atoms with Crippen LogP contribution in [0.4, 0.5) is 11.4 Å². The topological polar surface area (TPSA) is 83.4 Å². The van der Waals surface area contributed by atoms with Gasteiger partial charge in [-0.3, -0.25) is 4.55 Å². The first-order chi connectivity index (χ1) is 13.6. The van der Waals surface area contributed by atoms with Gasteiger partial charge in [0.1, 0.15) is 6.54 Å². The number of benzene rings is 2. The molecule has 1 aliphatic rings. The number of rotatable bonds is 6. The van der Waals surface area contributed by atoms with Crippen LogP contribution in [0.3, 0.4) is 0 Å². The summed E-state index contributed by atoms with van der Waals surface area (Å²) in [6.45, 7) is 9.19. The van der Waals surface area contributed by atoms with Gasteiger partial charge in [-0.25, -0.2) is 0 Å². The number of nitrogens with two attached hydrogens (primary N) is 1. The van der Waals surface area contributed by atoms with E-state index in [1.54, 1.807) is 12.1 Å². The van der Waals surface area contributed by atoms with Crippen LogP contribution in [0, 0.1) is 6.92 Å². The minimum absolute atomic E-state index is 0.0700. The van der Waals surface area contributed by atoms with Gasteiger partial charge in [-0.1, -0.05) is 19.4 Å². The fraction of sp³-hybridized carbons (Fsp3) is 0.348. The Balaban J connectivity index is 2.12. The first-order valence-corrected chi connectivity index (χ1v) is 11.3. The smallest absolute Gasteiger partial charge is 0.294 e. The minimum atomic E-state index is -4.25. The second-order valence-electron chi connectivity index (χ2n) is 8.12. The number of hydrogen-bond acceptors (Lipinski definition) is 3. The highest BCUT2D eigenvalue weighted by Gasteiger charge is 2.44. The number of nitrogens with zero attached hydrogens (tertiary/aromatic N) is 1. The Morgan fingerprint density at radius 3 is 2.48 bits per heavy atom. The first-order valence-electron chi connectivity index (χ1n) is 9.87. The molecule has 0 fully saturated rings. The number of unbranched alkanes of at least 4 members (excludes halogenated alkanes) is 1. The minimum Gasteiger partial charge on any atom is -0.399 e. The van der Waals surface area contributed by atoms with Crippen LogP contribution < -0.4 is 5.73 Å². The van der Waals surface area contributed by atoms with Crippen molar-refractivity contribution in [3.8, 4) is 0 Å². The van der Waals surface area contributed by atoms with E-state index in [9.17, 15) is 13.0 Å². The van der Waals surface area contributed by atoms with Crippen molar-refractivity contribution in [3.63, 3.8) is 0 Å². The van der Waals surface area contributed by atoms with E-state index in [0.29, 0.717) is 0 Å². The molecule has 5 nitrogen and oxygen atoms in total. The number of aryl methyl sites for hydroxylation is 1. The van der Waals surface area contributed by atoms with Gasteiger partial charge in [-0.2, -0.15) is 13.0 Å². The number of hydrogen-bond donors (Lipinski definition) is 2. The van der Waals surface area contributed by atoms with Crippen molar-refractivity contribution in [3.05, 3.63) is 59.2 Å². The van der Waals surface area contributed by atoms with Crippen LogP contribution in [0.5, 0.6) is 0 Å². The van der Waals surface area contributed by atoms with Gasteiger partial charge in [0.2, 0.25) is 5.69 Å². The van der Waals surface area contributed by atoms with Crippen LogP contribution in [-0.2, 0) is 15.5 Å². The molecule has 1 heterocycles. The van der Waals surface area contributed by atoms with Crippen LogP contribution in [0.15, 0.2) is 47.4 Å². The summed E-state index contributed by atoms with van der Waals surface area (Å²) < 4.78 is 35.1. The summed E-state index contributed by atoms with van der Waals surface area (Å²) in [5.41, 5.74) is 11.4. The van der Waals surface area contributed by atoms with E-state index in [-0.39, 0.29) is 4.90 Å². The number of nitrogen functional groups attached to an aromatic ring is 1. The molecule has 0 atom stereocenters. The Morgan fingerprint density at radius 1 is 1.14 bits per heavy atom. The highest BCUT2D eigenvalue weighted by atomic mass is 32.2. The Kier molecular flexibility index (Phi) is 5.70. The summed E-state index contributed by atoms with van der Waals surface area (Å²) in [6, 6.07) is 10.7. The third-order valence-electron chi connectivity index (χ3n) is 5.61. The van der Waals surface area contributed by atoms with Gasteiger partial charge in [-0.05, 0) is 62.2 Å². The normalized spacial score (nSPS) is 15.9. The molecular formula is C23H29N2O3S+. The molecule has 1 aliphatic heterocycles. The molecule has 0 bridgehead atoms. The summed E-state index contributed by atoms with van der Waals surface area (Å²) in [7, 11) is -4.25. The average molecular weight is 414 g/mol. The summed E-state index contributed by atoms with van der Waals surface area (Å²) in [4.78, 5) is -0.0700. The van der Waals surface area contributed by atoms with Crippen molar-refractivity contribution >= 4 is 33.3 Å². The molecule has 6 heteroatoms. The highest BCUT2D eigenvalue weighted by Crippen LogP contribution is 2.41. The molecule has 0 saturated carbocycles. The van der Waals surface area contributed by atoms with Crippen LogP contribution in [0.1, 0.15) is 50.3 Å². The maximum atomic E-state index is 11.7. The van der Waals surface area contributed by atoms with E-state index in [1.807, 2.05) is 25.1 Å². The van der Waals surface area contributed by atoms with Crippen molar-refractivity contribution in [1.29, 1.82) is 0 Å². The first kappa shape index (κ1) is 21.3. The largest absolute Gasteiger partial charge is 0.399 e. The van der Waals surface area contributed by atoms with Crippen molar-refractivity contribution in [1.82, 2.24) is 0 Å². The fourth-order valence-corrected chi connectivity index (χ4v) is 4.43. The summed E-state index contributed by atoms with van der Waals surface area (Å²) in [5.74, 6) is 0. The molecule has 2 aromatic rings. The van der Waals surface area contributed by atoms with E-state index in [4.69, 9.17) is 5.73 Å². The molecule has 154 valence electrons. The van der Waals surface area contributed by atoms with Gasteiger partial charge in [-0.15, -0.1) is 0 Å². The van der Waals surface area contributed by atoms with E-state index in [2.05, 4.69) is 37.5 Å². The Bertz CT molecular complexity index is 1110. The summed E-state index contributed by atoms with van der Waals surface area (Å²) in [5, 5.41) is 0. The standard InChI is InChI=1S/C23H28N2O3S/c1-5-6-13-25-21-11-10-19(29(26,27)28)15-20(21)23(3,4)22(25)12-8-17-7-9-18(24)14-16(17)2/h7-12,14-15,24H,5-6,13H2,1-4H3,(H,26,27,28)/p+1. The SMILES string of the molecule is CCCC[N+]1=C(/C=C/c2ccc(N)cc2C)C(C)(C)c2cc(S(=O)(=O)O)ccc21. The second-order valence-corrected chi connectivity index (χ2v) is 9.54. The lowest BCUT2D eigenvalue weighted by molar-refractivity contribution is -0.438. The predicted octanol–water partition coefficient (Wildman–Crippen LogP) is 4.71. The zero-order valence-corrected chi connectivity index (χ0v) is 18.3. The zero-order valence-electron chi connectivity index (χ0n) is 17.4. The van der Waals surface area contributed by atoms with Crippen LogP contribution in [-0.4, -0.2) is 29.8 Å². The van der Waals surface area contributed by atoms with Gasteiger partial charge in [0.05, 0.1) is 10.3 Å². The molecule has 0 aliphatic carbocycles. The van der Waals surface area contributed by atoms with Crippen molar-refractivity contribution in [2.24, 2.45) is 0 Å². The molecule has 0 spiro atoms. The van der Waals surface area contributed by atoms with E-state index >= 15 is 0 Å². The summed E-state index contributed by atoms with van der Waals surface area (Å²) >= 11 is 0. The Hall–Kier alpha value is -2.44. The number of anilines is 1. The van der Waals surface area contributed by atoms with Gasteiger partial charge in [0, 0.05) is 29.8 Å². The Morgan fingerprint density at radius 2 is 1.86 bits per heavy atom. The Labute approximate surface area is 173 Å². The monoisotopic (exact) mass is 413 g/mol. The lowest BCUT2D eigenvalue weighted by Gasteiger charge is -2.16. The van der Waals surface area contributed by atoms with E-state index in [1.165, 1.54) is 6.07 Å². The summed E-state index contributed by atoms with van der Waals surface area (Å²) in [6.07, 6.45) is 6.28. The van der Waals surface area contributed by atoms with Crippen LogP contribution in [0.2, 0.25) is 0 Å². The van der Waals surface area contributed by atoms with E-state index in [0.717, 1.165) is 53.2 Å². The molecule has 3 rings (SSSR count). The molecule has 0 unspecified atom stereocenters. The van der Waals surface area contributed by atoms with Crippen LogP contribution in [0.25, 0.3) is 6.08 Å². The molecule has 0 saturated heterocycles. The molecule has 0 radical (unpaired) electrons. The lowest BCUT2D eigenvalue weighted by atomic mass is 9.81. The molecule has 3 N–H and O–H groups in total. The average Bonchev–Trinajstić information content (AvgIpc) is 2.85. The van der Waals surface area contributed by atoms with Gasteiger partial charge in [0.15, 0.2) is 5.71 Å². The lowest BCUT2D eigenvalue weighted by Crippen LogP contribution is -2.28. The van der Waals surface area contributed by atoms with Crippen molar-refractivity contribution in [2.75, 3.05) is 12.3 Å². The highest BCUT2D eigenvalue weighted by molar-refractivity contribution is 7.85. The third kappa shape index (κ3) is 4.14. The maximum Gasteiger partial charge on any atom is 0.294 e. The van der Waals surface area contributed by atoms with E-state index < -0.39 is 15.5 Å². The molecule has 0 aromatic heterocycles. The predicted molar refractivity (Wildman–Crippen MR) is 119 cm³/mol. The molecular weight excluding hydrogens is 384 g/mol. The van der Waals surface area contributed by atoms with Crippen molar-refractivity contribution < 1.29 is 17.5 Å². The van der Waals surface area contributed by atoms with Crippen LogP contribution >= 0.6 is 0 Å². The molecule has 0 amide bonds. The van der Waals surface area contributed by atoms with Gasteiger partial charge in [0.25, 0.3) is 10.1 Å². The number of allylic oxidation sites excluding steroid dienone is 1. The molecule has 29 heavy (non-hydrogen) atoms. The fourth-order valence-electron chi connectivity index (χ4n) is 3.93. The third-order valence-corrected chi connectivity index (χ3v) is 6.46. The molecule has 2 aromatic carbocycles. The van der Waals surface area contributed by atoms with Crippen molar-refractivity contribution in [2.45, 2.75) is 50.8 Å². The zero-order chi connectivity index (χ0) is 21.4. The maximum absolute atomic E-state index is 11.7. The second kappa shape index (κ2) is 7.76. The number of fused-ring (bicyclic) bond motifs is 1. The van der Waals surface area contributed by atoms with Gasteiger partial charge < -0.3 is 5.73 Å².